The third-order valence-corrected chi connectivity index (χ3v) is 7.59. The van der Waals surface area contributed by atoms with Gasteiger partial charge in [-0.25, -0.2) is 14.6 Å². The minimum absolute atomic E-state index is 0.174. The molecule has 8 heteroatoms. The fourth-order valence-electron chi connectivity index (χ4n) is 5.34. The molecule has 0 fully saturated rings. The van der Waals surface area contributed by atoms with Crippen LogP contribution in [-0.2, 0) is 24.2 Å². The Bertz CT molecular complexity index is 1790. The molecule has 5 aromatic rings. The van der Waals surface area contributed by atoms with Crippen LogP contribution in [0.2, 0.25) is 0 Å². The SMILES string of the molecule is CCCCc1nc2ccc(N(Cc3ccccc3)C(=O)NC)cc2n1Cc1ccc(-c2ccccc2OC(=O)OC(C)(C)C)cc1. The first-order chi connectivity index (χ1) is 22.1. The van der Waals surface area contributed by atoms with Crippen molar-refractivity contribution in [2.45, 2.75) is 65.6 Å². The van der Waals surface area contributed by atoms with Gasteiger partial charge in [-0.3, -0.25) is 4.90 Å². The number of unbranched alkanes of at least 4 members (excludes halogenated alkanes) is 1. The van der Waals surface area contributed by atoms with Crippen LogP contribution in [0.4, 0.5) is 15.3 Å². The molecule has 1 N–H and O–H groups in total. The maximum absolute atomic E-state index is 13.0. The van der Waals surface area contributed by atoms with Crippen LogP contribution >= 0.6 is 0 Å². The van der Waals surface area contributed by atoms with E-state index in [2.05, 4.69) is 35.0 Å². The second kappa shape index (κ2) is 14.3. The first kappa shape index (κ1) is 32.3. The van der Waals surface area contributed by atoms with Gasteiger partial charge in [-0.05, 0) is 68.1 Å². The van der Waals surface area contributed by atoms with Gasteiger partial charge in [-0.15, -0.1) is 0 Å². The van der Waals surface area contributed by atoms with Crippen molar-refractivity contribution in [1.82, 2.24) is 14.9 Å². The zero-order valence-electron chi connectivity index (χ0n) is 27.2. The van der Waals surface area contributed by atoms with Crippen molar-refractivity contribution in [3.8, 4) is 16.9 Å². The van der Waals surface area contributed by atoms with E-state index in [0.717, 1.165) is 64.1 Å². The van der Waals surface area contributed by atoms with Gasteiger partial charge in [0.05, 0.1) is 17.6 Å². The average Bonchev–Trinajstić information content (AvgIpc) is 3.38. The Morgan fingerprint density at radius 1 is 0.891 bits per heavy atom. The van der Waals surface area contributed by atoms with Crippen LogP contribution in [0.3, 0.4) is 0 Å². The monoisotopic (exact) mass is 618 g/mol. The highest BCUT2D eigenvalue weighted by Gasteiger charge is 2.21. The normalized spacial score (nSPS) is 11.3. The van der Waals surface area contributed by atoms with Crippen molar-refractivity contribution in [2.24, 2.45) is 0 Å². The predicted molar refractivity (Wildman–Crippen MR) is 183 cm³/mol. The van der Waals surface area contributed by atoms with Gasteiger partial charge in [0.1, 0.15) is 17.2 Å². The molecule has 1 heterocycles. The lowest BCUT2D eigenvalue weighted by molar-refractivity contribution is 0.0207. The van der Waals surface area contributed by atoms with E-state index in [1.165, 1.54) is 0 Å². The van der Waals surface area contributed by atoms with Crippen LogP contribution in [0, 0.1) is 0 Å². The number of rotatable bonds is 10. The summed E-state index contributed by atoms with van der Waals surface area (Å²) in [4.78, 5) is 32.2. The lowest BCUT2D eigenvalue weighted by atomic mass is 10.0. The van der Waals surface area contributed by atoms with Gasteiger partial charge in [-0.1, -0.05) is 86.1 Å². The molecule has 0 atom stereocenters. The second-order valence-corrected chi connectivity index (χ2v) is 12.3. The first-order valence-corrected chi connectivity index (χ1v) is 15.8. The van der Waals surface area contributed by atoms with Crippen LogP contribution in [-0.4, -0.2) is 34.4 Å². The molecule has 4 aromatic carbocycles. The molecular weight excluding hydrogens is 576 g/mol. The van der Waals surface area contributed by atoms with E-state index in [9.17, 15) is 9.59 Å². The molecule has 0 radical (unpaired) electrons. The molecule has 0 aliphatic carbocycles. The van der Waals surface area contributed by atoms with Gasteiger partial charge in [0.15, 0.2) is 0 Å². The number of benzene rings is 4. The highest BCUT2D eigenvalue weighted by Crippen LogP contribution is 2.32. The van der Waals surface area contributed by atoms with E-state index in [1.54, 1.807) is 38.8 Å². The number of anilines is 1. The number of para-hydroxylation sites is 1. The average molecular weight is 619 g/mol. The van der Waals surface area contributed by atoms with Crippen LogP contribution < -0.4 is 15.0 Å². The van der Waals surface area contributed by atoms with Gasteiger partial charge in [0.2, 0.25) is 0 Å². The second-order valence-electron chi connectivity index (χ2n) is 12.3. The molecule has 0 spiro atoms. The molecule has 0 unspecified atom stereocenters. The number of carbonyl (C=O) groups excluding carboxylic acids is 2. The number of amides is 2. The summed E-state index contributed by atoms with van der Waals surface area (Å²) in [6, 6.07) is 31.5. The standard InChI is InChI=1S/C38H42N4O4/c1-6-7-17-35-40-32-23-22-30(41(36(43)39-5)25-27-13-9-8-10-14-27)24-33(32)42(35)26-28-18-20-29(21-19-28)31-15-11-12-16-34(31)45-37(44)46-38(2,3)4/h8-16,18-24H,6-7,17,25-26H2,1-5H3,(H,39,43). The van der Waals surface area contributed by atoms with Crippen molar-refractivity contribution < 1.29 is 19.1 Å². The van der Waals surface area contributed by atoms with Gasteiger partial charge in [0.25, 0.3) is 0 Å². The third kappa shape index (κ3) is 7.93. The topological polar surface area (TPSA) is 85.7 Å². The summed E-state index contributed by atoms with van der Waals surface area (Å²) in [6.45, 7) is 8.66. The minimum atomic E-state index is -0.735. The van der Waals surface area contributed by atoms with E-state index in [1.807, 2.05) is 72.8 Å². The minimum Gasteiger partial charge on any atom is -0.428 e. The zero-order chi connectivity index (χ0) is 32.7. The maximum Gasteiger partial charge on any atom is 0.514 e. The number of fused-ring (bicyclic) bond motifs is 1. The number of urea groups is 1. The number of nitrogens with zero attached hydrogens (tertiary/aromatic N) is 3. The number of aryl methyl sites for hydroxylation is 1. The lowest BCUT2D eigenvalue weighted by Crippen LogP contribution is -2.37. The summed E-state index contributed by atoms with van der Waals surface area (Å²) in [7, 11) is 1.65. The number of hydrogen-bond acceptors (Lipinski definition) is 5. The summed E-state index contributed by atoms with van der Waals surface area (Å²) < 4.78 is 13.2. The molecule has 0 aliphatic rings. The molecule has 238 valence electrons. The summed E-state index contributed by atoms with van der Waals surface area (Å²) >= 11 is 0. The number of carbonyl (C=O) groups is 2. The van der Waals surface area contributed by atoms with Gasteiger partial charge in [-0.2, -0.15) is 0 Å². The Morgan fingerprint density at radius 3 is 2.30 bits per heavy atom. The molecule has 0 bridgehead atoms. The smallest absolute Gasteiger partial charge is 0.428 e. The molecule has 1 aromatic heterocycles. The predicted octanol–water partition coefficient (Wildman–Crippen LogP) is 8.75. The van der Waals surface area contributed by atoms with Gasteiger partial charge in [0, 0.05) is 31.3 Å². The van der Waals surface area contributed by atoms with E-state index in [-0.39, 0.29) is 6.03 Å². The molecule has 0 saturated heterocycles. The quantitative estimate of drug-likeness (QED) is 0.125. The Kier molecular flexibility index (Phi) is 10.1. The summed E-state index contributed by atoms with van der Waals surface area (Å²) in [5, 5.41) is 2.79. The number of ether oxygens (including phenoxy) is 2. The van der Waals surface area contributed by atoms with Crippen molar-refractivity contribution in [3.05, 3.63) is 114 Å². The molecule has 8 nitrogen and oxygen atoms in total. The first-order valence-electron chi connectivity index (χ1n) is 15.8. The maximum atomic E-state index is 13.0. The highest BCUT2D eigenvalue weighted by atomic mass is 16.7. The van der Waals surface area contributed by atoms with Crippen LogP contribution in [0.1, 0.15) is 57.5 Å². The number of aromatic nitrogens is 2. The molecule has 46 heavy (non-hydrogen) atoms. The Labute approximate surface area is 271 Å². The summed E-state index contributed by atoms with van der Waals surface area (Å²) in [5.41, 5.74) is 5.90. The number of hydrogen-bond donors (Lipinski definition) is 1. The fourth-order valence-corrected chi connectivity index (χ4v) is 5.34. The van der Waals surface area contributed by atoms with Gasteiger partial charge < -0.3 is 19.4 Å². The van der Waals surface area contributed by atoms with Crippen molar-refractivity contribution in [2.75, 3.05) is 11.9 Å². The fraction of sp³-hybridized carbons (Fsp3) is 0.289. The third-order valence-electron chi connectivity index (χ3n) is 7.59. The lowest BCUT2D eigenvalue weighted by Gasteiger charge is -2.23. The van der Waals surface area contributed by atoms with E-state index >= 15 is 0 Å². The van der Waals surface area contributed by atoms with Gasteiger partial charge >= 0.3 is 12.2 Å². The van der Waals surface area contributed by atoms with E-state index in [4.69, 9.17) is 14.5 Å². The van der Waals surface area contributed by atoms with E-state index < -0.39 is 11.8 Å². The van der Waals surface area contributed by atoms with Crippen molar-refractivity contribution in [3.63, 3.8) is 0 Å². The number of imidazole rings is 1. The summed E-state index contributed by atoms with van der Waals surface area (Å²) in [5.74, 6) is 1.46. The molecule has 2 amide bonds. The highest BCUT2D eigenvalue weighted by molar-refractivity contribution is 5.94. The Morgan fingerprint density at radius 2 is 1.61 bits per heavy atom. The Balaban J connectivity index is 1.45. The van der Waals surface area contributed by atoms with Crippen LogP contribution in [0.5, 0.6) is 5.75 Å². The van der Waals surface area contributed by atoms with Crippen LogP contribution in [0.15, 0.2) is 97.1 Å². The largest absolute Gasteiger partial charge is 0.514 e. The Hall–Kier alpha value is -5.11. The van der Waals surface area contributed by atoms with Crippen molar-refractivity contribution in [1.29, 1.82) is 0 Å². The van der Waals surface area contributed by atoms with E-state index in [0.29, 0.717) is 18.8 Å². The number of nitrogens with one attached hydrogen (secondary N) is 1. The van der Waals surface area contributed by atoms with Crippen molar-refractivity contribution >= 4 is 28.9 Å². The molecular formula is C38H42N4O4. The van der Waals surface area contributed by atoms with Crippen LogP contribution in [0.25, 0.3) is 22.2 Å². The molecule has 0 saturated carbocycles. The molecule has 5 rings (SSSR count). The summed E-state index contributed by atoms with van der Waals surface area (Å²) in [6.07, 6.45) is 2.22. The zero-order valence-corrected chi connectivity index (χ0v) is 27.2. The molecule has 0 aliphatic heterocycles.